The highest BCUT2D eigenvalue weighted by Crippen LogP contribution is 2.50. The second kappa shape index (κ2) is 9.41. The Balaban J connectivity index is 1.01. The van der Waals surface area contributed by atoms with Gasteiger partial charge in [-0.25, -0.2) is 8.42 Å². The number of aromatic nitrogens is 2. The molecular weight excluding hydrogens is 492 g/mol. The van der Waals surface area contributed by atoms with E-state index >= 15 is 0 Å². The van der Waals surface area contributed by atoms with E-state index in [4.69, 9.17) is 9.15 Å². The summed E-state index contributed by atoms with van der Waals surface area (Å²) in [6.45, 7) is 3.34. The normalized spacial score (nSPS) is 20.5. The molecule has 1 saturated carbocycles. The minimum absolute atomic E-state index is 0.0485. The van der Waals surface area contributed by atoms with Gasteiger partial charge in [-0.2, -0.15) is 9.40 Å². The van der Waals surface area contributed by atoms with Gasteiger partial charge in [0.2, 0.25) is 11.2 Å². The van der Waals surface area contributed by atoms with E-state index in [2.05, 4.69) is 34.3 Å². The molecule has 37 heavy (non-hydrogen) atoms. The third-order valence-corrected chi connectivity index (χ3v) is 10.2. The van der Waals surface area contributed by atoms with E-state index in [1.165, 1.54) is 34.3 Å². The fraction of sp³-hybridized carbons (Fsp3) is 0.481. The standard InChI is InChI=1S/C27H32N4O5S/c1-29-26(6-10-28-29)37(33,34)31-12-8-27(9-13-31)15-23(16-27)36-25-19-35-22(14-24(25)32)18-30-11-7-20-4-2-3-5-21(20)17-30/h2-6,10,14,19,23H,7-9,11-13,15-18H2,1H3. The molecule has 2 aromatic heterocycles. The zero-order valence-corrected chi connectivity index (χ0v) is 21.8. The third kappa shape index (κ3) is 4.73. The number of nitrogens with zero attached hydrogens (tertiary/aromatic N) is 4. The van der Waals surface area contributed by atoms with Gasteiger partial charge in [0.25, 0.3) is 10.0 Å². The van der Waals surface area contributed by atoms with E-state index in [0.29, 0.717) is 25.4 Å². The Morgan fingerprint density at radius 2 is 1.86 bits per heavy atom. The van der Waals surface area contributed by atoms with E-state index in [-0.39, 0.29) is 27.7 Å². The lowest BCUT2D eigenvalue weighted by Crippen LogP contribution is -2.52. The lowest BCUT2D eigenvalue weighted by Gasteiger charge is -2.51. The second-order valence-electron chi connectivity index (χ2n) is 10.6. The summed E-state index contributed by atoms with van der Waals surface area (Å²) >= 11 is 0. The molecule has 9 nitrogen and oxygen atoms in total. The van der Waals surface area contributed by atoms with Crippen molar-refractivity contribution in [3.63, 3.8) is 0 Å². The molecule has 0 amide bonds. The van der Waals surface area contributed by atoms with Crippen LogP contribution in [0.3, 0.4) is 0 Å². The molecule has 1 spiro atoms. The van der Waals surface area contributed by atoms with Crippen molar-refractivity contribution < 1.29 is 17.6 Å². The molecular formula is C27H32N4O5S. The van der Waals surface area contributed by atoms with Gasteiger partial charge >= 0.3 is 0 Å². The first kappa shape index (κ1) is 24.4. The number of rotatable bonds is 6. The van der Waals surface area contributed by atoms with E-state index in [1.54, 1.807) is 17.4 Å². The average Bonchev–Trinajstić information content (AvgIpc) is 3.31. The summed E-state index contributed by atoms with van der Waals surface area (Å²) in [6.07, 6.45) is 7.12. The minimum Gasteiger partial charge on any atom is -0.483 e. The molecule has 0 atom stereocenters. The van der Waals surface area contributed by atoms with Crippen LogP contribution in [0, 0.1) is 5.41 Å². The van der Waals surface area contributed by atoms with Gasteiger partial charge < -0.3 is 9.15 Å². The topological polar surface area (TPSA) is 97.9 Å². The Morgan fingerprint density at radius 3 is 2.57 bits per heavy atom. The maximum atomic E-state index is 12.9. The molecule has 0 N–H and O–H groups in total. The molecule has 0 radical (unpaired) electrons. The van der Waals surface area contributed by atoms with Gasteiger partial charge in [-0.3, -0.25) is 14.4 Å². The first-order valence-electron chi connectivity index (χ1n) is 12.9. The summed E-state index contributed by atoms with van der Waals surface area (Å²) in [5, 5.41) is 4.21. The van der Waals surface area contributed by atoms with Crippen molar-refractivity contribution in [2.24, 2.45) is 12.5 Å². The van der Waals surface area contributed by atoms with Crippen LogP contribution < -0.4 is 10.2 Å². The van der Waals surface area contributed by atoms with Crippen LogP contribution in [-0.2, 0) is 36.6 Å². The Labute approximate surface area is 216 Å². The van der Waals surface area contributed by atoms with E-state index in [1.807, 2.05) is 0 Å². The first-order valence-corrected chi connectivity index (χ1v) is 14.3. The fourth-order valence-corrected chi connectivity index (χ4v) is 7.58. The van der Waals surface area contributed by atoms with E-state index < -0.39 is 10.0 Å². The molecule has 2 fully saturated rings. The molecule has 2 aliphatic heterocycles. The van der Waals surface area contributed by atoms with Crippen LogP contribution in [0.25, 0.3) is 0 Å². The Bertz CT molecular complexity index is 1450. The molecule has 0 bridgehead atoms. The second-order valence-corrected chi connectivity index (χ2v) is 12.5. The molecule has 1 saturated heterocycles. The molecule has 1 aromatic carbocycles. The number of benzene rings is 1. The number of ether oxygens (including phenoxy) is 1. The smallest absolute Gasteiger partial charge is 0.260 e. The number of hydrogen-bond donors (Lipinski definition) is 0. The van der Waals surface area contributed by atoms with E-state index in [0.717, 1.165) is 45.2 Å². The fourth-order valence-electron chi connectivity index (χ4n) is 6.04. The largest absolute Gasteiger partial charge is 0.483 e. The highest BCUT2D eigenvalue weighted by atomic mass is 32.2. The predicted molar refractivity (Wildman–Crippen MR) is 137 cm³/mol. The number of fused-ring (bicyclic) bond motifs is 1. The summed E-state index contributed by atoms with van der Waals surface area (Å²) in [7, 11) is -1.89. The summed E-state index contributed by atoms with van der Waals surface area (Å²) in [5.74, 6) is 0.896. The quantitative estimate of drug-likeness (QED) is 0.489. The number of aryl methyl sites for hydroxylation is 1. The number of piperidine rings is 1. The van der Waals surface area contributed by atoms with Crippen molar-refractivity contribution in [2.45, 2.75) is 56.3 Å². The Kier molecular flexibility index (Phi) is 6.21. The van der Waals surface area contributed by atoms with Crippen molar-refractivity contribution in [3.8, 4) is 5.75 Å². The summed E-state index contributed by atoms with van der Waals surface area (Å²) < 4.78 is 40.6. The number of hydrogen-bond acceptors (Lipinski definition) is 7. The highest BCUT2D eigenvalue weighted by Gasteiger charge is 2.49. The minimum atomic E-state index is -3.54. The lowest BCUT2D eigenvalue weighted by atomic mass is 9.62. The third-order valence-electron chi connectivity index (χ3n) is 8.22. The molecule has 1 aliphatic carbocycles. The maximum absolute atomic E-state index is 12.9. The van der Waals surface area contributed by atoms with Crippen LogP contribution in [-0.4, -0.2) is 53.1 Å². The highest BCUT2D eigenvalue weighted by molar-refractivity contribution is 7.89. The molecule has 4 heterocycles. The van der Waals surface area contributed by atoms with Crippen LogP contribution >= 0.6 is 0 Å². The maximum Gasteiger partial charge on any atom is 0.260 e. The zero-order chi connectivity index (χ0) is 25.6. The van der Waals surface area contributed by atoms with Crippen LogP contribution in [0.1, 0.15) is 42.6 Å². The van der Waals surface area contributed by atoms with Gasteiger partial charge in [-0.05, 0) is 54.7 Å². The van der Waals surface area contributed by atoms with Gasteiger partial charge in [0.1, 0.15) is 18.1 Å². The molecule has 3 aliphatic rings. The van der Waals surface area contributed by atoms with Crippen molar-refractivity contribution >= 4 is 10.0 Å². The van der Waals surface area contributed by atoms with Crippen LogP contribution in [0.5, 0.6) is 5.75 Å². The van der Waals surface area contributed by atoms with Crippen molar-refractivity contribution in [2.75, 3.05) is 19.6 Å². The van der Waals surface area contributed by atoms with Crippen molar-refractivity contribution in [1.82, 2.24) is 19.0 Å². The molecule has 196 valence electrons. The van der Waals surface area contributed by atoms with Gasteiger partial charge in [0.05, 0.1) is 12.7 Å². The van der Waals surface area contributed by atoms with Gasteiger partial charge in [-0.15, -0.1) is 0 Å². The first-order chi connectivity index (χ1) is 17.8. The van der Waals surface area contributed by atoms with Gasteiger partial charge in [0, 0.05) is 39.3 Å². The lowest BCUT2D eigenvalue weighted by molar-refractivity contribution is -0.0459. The zero-order valence-electron chi connectivity index (χ0n) is 21.0. The SMILES string of the molecule is Cn1nccc1S(=O)(=O)N1CCC2(CC1)CC(Oc1coc(CN3CCc4ccccc4C3)cc1=O)C2. The monoisotopic (exact) mass is 524 g/mol. The Hall–Kier alpha value is -2.95. The van der Waals surface area contributed by atoms with Crippen LogP contribution in [0.4, 0.5) is 0 Å². The summed E-state index contributed by atoms with van der Waals surface area (Å²) in [4.78, 5) is 15.0. The molecule has 0 unspecified atom stereocenters. The molecule has 3 aromatic rings. The van der Waals surface area contributed by atoms with Gasteiger partial charge in [-0.1, -0.05) is 24.3 Å². The number of sulfonamides is 1. The van der Waals surface area contributed by atoms with Crippen LogP contribution in [0.2, 0.25) is 0 Å². The van der Waals surface area contributed by atoms with E-state index in [9.17, 15) is 13.2 Å². The summed E-state index contributed by atoms with van der Waals surface area (Å²) in [6, 6.07) is 11.6. The van der Waals surface area contributed by atoms with Crippen molar-refractivity contribution in [3.05, 3.63) is 76.0 Å². The summed E-state index contributed by atoms with van der Waals surface area (Å²) in [5.41, 5.74) is 2.64. The molecule has 10 heteroatoms. The van der Waals surface area contributed by atoms with Crippen LogP contribution in [0.15, 0.2) is 63.1 Å². The van der Waals surface area contributed by atoms with Gasteiger partial charge in [0.15, 0.2) is 5.03 Å². The molecule has 6 rings (SSSR count). The van der Waals surface area contributed by atoms with Crippen molar-refractivity contribution in [1.29, 1.82) is 0 Å². The average molecular weight is 525 g/mol. The predicted octanol–water partition coefficient (Wildman–Crippen LogP) is 2.94. The Morgan fingerprint density at radius 1 is 1.11 bits per heavy atom.